The average molecular weight is 658 g/mol. The first-order valence-electron chi connectivity index (χ1n) is 16.3. The van der Waals surface area contributed by atoms with Gasteiger partial charge in [0.15, 0.2) is 5.78 Å². The average Bonchev–Trinajstić information content (AvgIpc) is 3.68. The van der Waals surface area contributed by atoms with Gasteiger partial charge in [-0.25, -0.2) is 9.59 Å². The number of hydrogen-bond acceptors (Lipinski definition) is 10. The van der Waals surface area contributed by atoms with Gasteiger partial charge in [-0.3, -0.25) is 19.3 Å². The standard InChI is InChI=1S/C35H51N3O9/c1-33(2,3)46-28(26(20-39)37-30(41)27-14-11-17-38(27)32(43)47-34(4,5)6)19-35(15-8-9-16-35)29(40)24-13-10-12-23(18-24)21-45-22-25(36)31(42)44-7/h10,12-13,18,25,27-28H,8-9,11,14-17,19,21-22,36H2,1-7H3,(H,37,41)/t25-,27-,28-/m0/s1. The minimum absolute atomic E-state index is 0.0382. The molecule has 0 unspecified atom stereocenters. The lowest BCUT2D eigenvalue weighted by Crippen LogP contribution is -2.49. The van der Waals surface area contributed by atoms with Crippen LogP contribution in [0.4, 0.5) is 4.79 Å². The first kappa shape index (κ1) is 37.9. The number of Topliss-reactive ketones (excluding diaryl/α,β-unsaturated/α-hetero) is 1. The topological polar surface area (TPSA) is 164 Å². The van der Waals surface area contributed by atoms with Crippen LogP contribution < -0.4 is 11.1 Å². The number of carbonyl (C=O) groups is 4. The van der Waals surface area contributed by atoms with Crippen LogP contribution in [-0.2, 0) is 39.9 Å². The maximum Gasteiger partial charge on any atom is 0.410 e. The van der Waals surface area contributed by atoms with Crippen molar-refractivity contribution in [2.45, 2.75) is 122 Å². The summed E-state index contributed by atoms with van der Waals surface area (Å²) in [6.07, 6.45) is 2.45. The molecule has 1 aliphatic heterocycles. The number of amides is 2. The van der Waals surface area contributed by atoms with Gasteiger partial charge in [0.1, 0.15) is 35.4 Å². The first-order valence-corrected chi connectivity index (χ1v) is 16.3. The summed E-state index contributed by atoms with van der Waals surface area (Å²) in [5.41, 5.74) is 4.56. The van der Waals surface area contributed by atoms with Crippen LogP contribution in [-0.4, -0.2) is 84.2 Å². The van der Waals surface area contributed by atoms with E-state index in [0.717, 1.165) is 18.4 Å². The highest BCUT2D eigenvalue weighted by Gasteiger charge is 2.46. The molecule has 260 valence electrons. The number of hydrogen-bond donors (Lipinski definition) is 2. The lowest BCUT2D eigenvalue weighted by atomic mass is 9.74. The maximum atomic E-state index is 14.3. The molecule has 1 saturated carbocycles. The molecule has 0 radical (unpaired) electrons. The van der Waals surface area contributed by atoms with E-state index in [1.54, 1.807) is 39.0 Å². The van der Waals surface area contributed by atoms with Crippen LogP contribution >= 0.6 is 0 Å². The van der Waals surface area contributed by atoms with Gasteiger partial charge in [-0.1, -0.05) is 31.0 Å². The Hall–Kier alpha value is -3.57. The van der Waals surface area contributed by atoms with Gasteiger partial charge in [-0.2, -0.15) is 0 Å². The Morgan fingerprint density at radius 3 is 2.34 bits per heavy atom. The SMILES string of the molecule is COC(=O)[C@@H](N)COCc1cccc(C(=O)C2(C[C@H](OC(C)(C)C)C(=C=O)NC(=O)[C@@H]3CCCN3C(=O)OC(C)(C)C)CCCC2)c1. The number of nitrogens with zero attached hydrogens (tertiary/aromatic N) is 1. The monoisotopic (exact) mass is 657 g/mol. The highest BCUT2D eigenvalue weighted by atomic mass is 16.6. The molecule has 12 nitrogen and oxygen atoms in total. The Bertz CT molecular complexity index is 1330. The van der Waals surface area contributed by atoms with E-state index in [9.17, 15) is 24.0 Å². The molecule has 3 N–H and O–H groups in total. The number of ketones is 1. The molecule has 0 spiro atoms. The van der Waals surface area contributed by atoms with E-state index in [-0.39, 0.29) is 31.1 Å². The smallest absolute Gasteiger partial charge is 0.410 e. The lowest BCUT2D eigenvalue weighted by molar-refractivity contribution is -0.143. The number of methoxy groups -OCH3 is 1. The predicted octanol–water partition coefficient (Wildman–Crippen LogP) is 4.25. The predicted molar refractivity (Wildman–Crippen MR) is 174 cm³/mol. The molecule has 2 fully saturated rings. The number of nitrogens with one attached hydrogen (secondary N) is 1. The third kappa shape index (κ3) is 10.7. The largest absolute Gasteiger partial charge is 0.468 e. The van der Waals surface area contributed by atoms with Crippen LogP contribution in [0.5, 0.6) is 0 Å². The fourth-order valence-electron chi connectivity index (χ4n) is 6.16. The second kappa shape index (κ2) is 16.0. The van der Waals surface area contributed by atoms with Gasteiger partial charge < -0.3 is 30.0 Å². The molecule has 1 aromatic carbocycles. The fourth-order valence-corrected chi connectivity index (χ4v) is 6.16. The number of benzene rings is 1. The van der Waals surface area contributed by atoms with E-state index in [1.807, 2.05) is 32.8 Å². The van der Waals surface area contributed by atoms with E-state index < -0.39 is 52.8 Å². The quantitative estimate of drug-likeness (QED) is 0.178. The molecular formula is C35H51N3O9. The van der Waals surface area contributed by atoms with Crippen LogP contribution in [0.15, 0.2) is 30.0 Å². The Morgan fingerprint density at radius 2 is 1.74 bits per heavy atom. The molecule has 3 rings (SSSR count). The van der Waals surface area contributed by atoms with E-state index in [1.165, 1.54) is 12.0 Å². The molecule has 1 aromatic rings. The van der Waals surface area contributed by atoms with Crippen molar-refractivity contribution < 1.29 is 42.9 Å². The van der Waals surface area contributed by atoms with Crippen LogP contribution in [0, 0.1) is 5.41 Å². The molecule has 3 atom stereocenters. The summed E-state index contributed by atoms with van der Waals surface area (Å²) in [5.74, 6) is 0.697. The zero-order valence-corrected chi connectivity index (χ0v) is 28.8. The van der Waals surface area contributed by atoms with Crippen LogP contribution in [0.25, 0.3) is 0 Å². The summed E-state index contributed by atoms with van der Waals surface area (Å²) in [5, 5.41) is 2.71. The number of rotatable bonds is 13. The van der Waals surface area contributed by atoms with Gasteiger partial charge in [0.2, 0.25) is 5.91 Å². The molecule has 0 aromatic heterocycles. The maximum absolute atomic E-state index is 14.3. The third-order valence-electron chi connectivity index (χ3n) is 8.25. The Labute approximate surface area is 277 Å². The Balaban J connectivity index is 1.82. The van der Waals surface area contributed by atoms with Gasteiger partial charge in [-0.05, 0) is 85.3 Å². The van der Waals surface area contributed by atoms with Crippen molar-refractivity contribution >= 4 is 29.7 Å². The van der Waals surface area contributed by atoms with Gasteiger partial charge >= 0.3 is 12.1 Å². The van der Waals surface area contributed by atoms with Crippen molar-refractivity contribution in [1.82, 2.24) is 10.2 Å². The van der Waals surface area contributed by atoms with Crippen molar-refractivity contribution in [3.05, 3.63) is 41.1 Å². The van der Waals surface area contributed by atoms with E-state index in [4.69, 9.17) is 19.9 Å². The molecule has 12 heteroatoms. The number of ether oxygens (including phenoxy) is 4. The first-order chi connectivity index (χ1) is 22.0. The third-order valence-corrected chi connectivity index (χ3v) is 8.25. The summed E-state index contributed by atoms with van der Waals surface area (Å²) in [4.78, 5) is 66.1. The summed E-state index contributed by atoms with van der Waals surface area (Å²) in [6, 6.07) is 5.36. The van der Waals surface area contributed by atoms with Crippen molar-refractivity contribution in [2.75, 3.05) is 20.3 Å². The van der Waals surface area contributed by atoms with Gasteiger partial charge in [0.25, 0.3) is 0 Å². The van der Waals surface area contributed by atoms with Gasteiger partial charge in [0, 0.05) is 17.5 Å². The summed E-state index contributed by atoms with van der Waals surface area (Å²) in [6.45, 7) is 11.2. The minimum Gasteiger partial charge on any atom is -0.468 e. The zero-order valence-electron chi connectivity index (χ0n) is 28.8. The van der Waals surface area contributed by atoms with Crippen LogP contribution in [0.1, 0.15) is 102 Å². The van der Waals surface area contributed by atoms with Crippen molar-refractivity contribution in [3.63, 3.8) is 0 Å². The summed E-state index contributed by atoms with van der Waals surface area (Å²) < 4.78 is 22.1. The highest BCUT2D eigenvalue weighted by molar-refractivity contribution is 6.01. The zero-order chi connectivity index (χ0) is 35.0. The normalized spacial score (nSPS) is 19.0. The molecule has 47 heavy (non-hydrogen) atoms. The molecular weight excluding hydrogens is 606 g/mol. The lowest BCUT2D eigenvalue weighted by Gasteiger charge is -2.36. The molecule has 0 bridgehead atoms. The number of likely N-dealkylation sites (tertiary alicyclic amines) is 1. The minimum atomic E-state index is -0.943. The molecule has 2 amide bonds. The van der Waals surface area contributed by atoms with Crippen LogP contribution in [0.3, 0.4) is 0 Å². The summed E-state index contributed by atoms with van der Waals surface area (Å²) in [7, 11) is 1.25. The number of nitrogens with two attached hydrogens (primary N) is 1. The molecule has 1 aliphatic carbocycles. The molecule has 1 saturated heterocycles. The Morgan fingerprint density at radius 1 is 1.06 bits per heavy atom. The van der Waals surface area contributed by atoms with E-state index in [2.05, 4.69) is 10.1 Å². The second-order valence-electron chi connectivity index (χ2n) is 14.4. The van der Waals surface area contributed by atoms with E-state index in [0.29, 0.717) is 37.8 Å². The van der Waals surface area contributed by atoms with Crippen molar-refractivity contribution in [1.29, 1.82) is 0 Å². The molecule has 1 heterocycles. The van der Waals surface area contributed by atoms with Crippen LogP contribution in [0.2, 0.25) is 0 Å². The molecule has 2 aliphatic rings. The summed E-state index contributed by atoms with van der Waals surface area (Å²) >= 11 is 0. The van der Waals surface area contributed by atoms with Gasteiger partial charge in [0.05, 0.1) is 25.9 Å². The number of esters is 1. The van der Waals surface area contributed by atoms with Crippen molar-refractivity contribution in [3.8, 4) is 0 Å². The van der Waals surface area contributed by atoms with E-state index >= 15 is 0 Å². The fraction of sp³-hybridized carbons (Fsp3) is 0.657. The highest BCUT2D eigenvalue weighted by Crippen LogP contribution is 2.46. The number of carbonyl (C=O) groups excluding carboxylic acids is 5. The van der Waals surface area contributed by atoms with Crippen molar-refractivity contribution in [2.24, 2.45) is 11.1 Å². The Kier molecular flexibility index (Phi) is 12.9. The second-order valence-corrected chi connectivity index (χ2v) is 14.4. The van der Waals surface area contributed by atoms with Gasteiger partial charge in [-0.15, -0.1) is 0 Å².